The number of benzene rings is 8. The van der Waals surface area contributed by atoms with Crippen molar-refractivity contribution in [2.75, 3.05) is 0 Å². The fourth-order valence-electron chi connectivity index (χ4n) is 15.2. The monoisotopic (exact) mass is 1800 g/mol. The molecule has 0 aromatic heterocycles. The van der Waals surface area contributed by atoms with Gasteiger partial charge in [-0.2, -0.15) is 0 Å². The molecule has 0 radical (unpaired) electrons. The molecule has 586 valence electrons. The van der Waals surface area contributed by atoms with Crippen LogP contribution in [0.1, 0.15) is 11.1 Å². The standard InChI is InChI=1S/C68H98O24Si18/c1-93(77-100(13,69)80-96(3,4)5)75-98(9,10)82-102(15)84-107(63-49-33-21-34-50-63)72-67-71-104(58-60-43-27-18-28-44-60)68-73-95(57-59-41-25-17-26-42-59)79-109(65-53-37-23-38-54-65,90-105(67,89-107)61-45-29-19-30-46-61)86-103(16,83-99(11,12)76-94(2)78-101(14,70)81-97(6,7)8)85-108(74-68,64-51-35-22-36-52-64)91-106(68,62-47-31-20-32-48-62)92-110(87-102,88-104)66-55-39-24-40-56-66/h17-56,67,69-70,93-95H,57-58H2,1-16H3. The van der Waals surface area contributed by atoms with Crippen molar-refractivity contribution in [2.45, 2.75) is 128 Å². The fraction of sp³-hybridized carbons (Fsp3) is 0.294. The van der Waals surface area contributed by atoms with E-state index in [4.69, 9.17) is 91.8 Å². The molecule has 6 saturated heterocycles. The second kappa shape index (κ2) is 31.2. The van der Waals surface area contributed by atoms with E-state index in [1.165, 1.54) is 0 Å². The third-order valence-electron chi connectivity index (χ3n) is 18.3. The van der Waals surface area contributed by atoms with Crippen molar-refractivity contribution < 1.29 is 101 Å². The summed E-state index contributed by atoms with van der Waals surface area (Å²) in [6.07, 6.45) is 0. The summed E-state index contributed by atoms with van der Waals surface area (Å²) in [6.45, 7) is 30.2. The number of hydrogen-bond donors (Lipinski definition) is 2. The molecule has 1 spiro atoms. The molecule has 14 rings (SSSR count). The van der Waals surface area contributed by atoms with Gasteiger partial charge in [0.05, 0.1) is 0 Å². The van der Waals surface area contributed by atoms with E-state index < -0.39 is 169 Å². The lowest BCUT2D eigenvalue weighted by Crippen LogP contribution is -2.93. The van der Waals surface area contributed by atoms with Crippen LogP contribution in [0, 0.1) is 0 Å². The van der Waals surface area contributed by atoms with Crippen LogP contribution in [-0.4, -0.2) is 178 Å². The SMILES string of the molecule is C[SiH](O[Si](C)(C)O[Si]1(C)O[Si]2(c3ccccc3)O[SiH](Cc3ccccc3)OC34O[Si](c5ccccc5)(O1)O[Si]3(c1ccccc1)O[Si]1(c3ccccc3)O[Si](C)(O[Si](C)(C)O[SiH](C)O[Si](C)(O)O[Si](C)(C)C)O[Si]3(c5ccccc5)OC(O[Si]4(Cc4ccccc4)O1)[Si](c1ccccc1)(O3)O2)O[Si](C)(O)O[Si](C)(C)C. The summed E-state index contributed by atoms with van der Waals surface area (Å²) in [5.74, 6) is -1.68. The van der Waals surface area contributed by atoms with Crippen LogP contribution in [0.3, 0.4) is 0 Å². The van der Waals surface area contributed by atoms with Gasteiger partial charge in [0.1, 0.15) is 0 Å². The molecule has 16 unspecified atom stereocenters. The Morgan fingerprint density at radius 3 is 1.20 bits per heavy atom. The summed E-state index contributed by atoms with van der Waals surface area (Å²) in [4.78, 5) is 23.9. The number of fused-ring (bicyclic) bond motifs is 6. The Bertz CT molecular complexity index is 4430. The van der Waals surface area contributed by atoms with E-state index in [0.717, 1.165) is 11.1 Å². The lowest BCUT2D eigenvalue weighted by molar-refractivity contribution is -0.0956. The van der Waals surface area contributed by atoms with E-state index in [1.807, 2.05) is 328 Å². The van der Waals surface area contributed by atoms with E-state index in [1.54, 1.807) is 19.6 Å². The second-order valence-electron chi connectivity index (χ2n) is 31.2. The molecule has 0 amide bonds. The van der Waals surface area contributed by atoms with Crippen molar-refractivity contribution in [3.63, 3.8) is 0 Å². The zero-order valence-electron chi connectivity index (χ0n) is 64.7. The van der Waals surface area contributed by atoms with Crippen LogP contribution in [0.5, 0.6) is 0 Å². The van der Waals surface area contributed by atoms with Crippen LogP contribution in [0.2, 0.25) is 105 Å². The van der Waals surface area contributed by atoms with Crippen molar-refractivity contribution in [1.29, 1.82) is 0 Å². The highest BCUT2D eigenvalue weighted by Crippen LogP contribution is 2.58. The average molecular weight is 1810 g/mol. The van der Waals surface area contributed by atoms with E-state index in [2.05, 4.69) is 0 Å². The number of hydrogen-bond acceptors (Lipinski definition) is 24. The predicted molar refractivity (Wildman–Crippen MR) is 453 cm³/mol. The average Bonchev–Trinajstić information content (AvgIpc) is 1.45. The third kappa shape index (κ3) is 17.5. The van der Waals surface area contributed by atoms with Gasteiger partial charge in [-0.1, -0.05) is 243 Å². The van der Waals surface area contributed by atoms with Gasteiger partial charge in [0.25, 0.3) is 0 Å². The molecule has 6 heterocycles. The van der Waals surface area contributed by atoms with Gasteiger partial charge in [-0.25, -0.2) is 0 Å². The summed E-state index contributed by atoms with van der Waals surface area (Å²) in [5.41, 5.74) is 1.59. The summed E-state index contributed by atoms with van der Waals surface area (Å²) in [7, 11) is -75.9. The highest BCUT2D eigenvalue weighted by atomic mass is 28.6. The molecule has 6 fully saturated rings. The highest BCUT2D eigenvalue weighted by Gasteiger charge is 2.94. The normalized spacial score (nSPS) is 32.7. The van der Waals surface area contributed by atoms with Gasteiger partial charge in [-0.3, -0.25) is 0 Å². The number of rotatable bonds is 26. The first-order chi connectivity index (χ1) is 51.8. The lowest BCUT2D eigenvalue weighted by atomic mass is 10.2. The molecular formula is C68H98O24Si18. The van der Waals surface area contributed by atoms with E-state index in [0.29, 0.717) is 31.1 Å². The highest BCUT2D eigenvalue weighted by molar-refractivity contribution is 7.14. The Morgan fingerprint density at radius 2 is 0.745 bits per heavy atom. The molecule has 6 aliphatic heterocycles. The molecule has 42 heteroatoms. The first-order valence-electron chi connectivity index (χ1n) is 36.9. The van der Waals surface area contributed by atoms with Crippen LogP contribution in [0.15, 0.2) is 243 Å². The fourth-order valence-corrected chi connectivity index (χ4v) is 102. The van der Waals surface area contributed by atoms with Crippen LogP contribution in [0.25, 0.3) is 0 Å². The van der Waals surface area contributed by atoms with Crippen LogP contribution in [0.4, 0.5) is 0 Å². The molecule has 24 nitrogen and oxygen atoms in total. The van der Waals surface area contributed by atoms with E-state index in [9.17, 15) is 9.59 Å². The molecule has 0 saturated carbocycles. The minimum Gasteiger partial charge on any atom is -0.418 e. The van der Waals surface area contributed by atoms with Gasteiger partial charge in [-0.05, 0) is 100 Å². The zero-order chi connectivity index (χ0) is 78.2. The third-order valence-corrected chi connectivity index (χ3v) is 87.4. The second-order valence-corrected chi connectivity index (χ2v) is 86.7. The lowest BCUT2D eigenvalue weighted by Gasteiger charge is -2.60. The van der Waals surface area contributed by atoms with E-state index >= 15 is 0 Å². The van der Waals surface area contributed by atoms with E-state index in [-0.39, 0.29) is 12.1 Å². The van der Waals surface area contributed by atoms with Crippen molar-refractivity contribution in [3.8, 4) is 0 Å². The summed E-state index contributed by atoms with van der Waals surface area (Å²) in [6, 6.07) is 77.6. The minimum atomic E-state index is -5.34. The largest absolute Gasteiger partial charge is 0.523 e. The van der Waals surface area contributed by atoms with Gasteiger partial charge in [0, 0.05) is 59.0 Å². The molecule has 6 aliphatic rings. The Balaban J connectivity index is 1.14. The van der Waals surface area contributed by atoms with Gasteiger partial charge in [-0.15, -0.1) is 0 Å². The summed E-state index contributed by atoms with van der Waals surface area (Å²) >= 11 is 0. The van der Waals surface area contributed by atoms with Crippen LogP contribution in [-0.2, 0) is 104 Å². The molecule has 0 aliphatic carbocycles. The summed E-state index contributed by atoms with van der Waals surface area (Å²) < 4.78 is 176. The van der Waals surface area contributed by atoms with Crippen molar-refractivity contribution >= 4 is 189 Å². The maximum Gasteiger partial charge on any atom is 0.523 e. The Kier molecular flexibility index (Phi) is 23.6. The zero-order valence-corrected chi connectivity index (χ0v) is 83.2. The summed E-state index contributed by atoms with van der Waals surface area (Å²) in [5, 5.41) is 0.540. The molecule has 16 atom stereocenters. The molecule has 8 aromatic rings. The minimum absolute atomic E-state index is 0.0846. The molecule has 2 N–H and O–H groups in total. The van der Waals surface area contributed by atoms with Crippen LogP contribution >= 0.6 is 0 Å². The first kappa shape index (κ1) is 83.2. The van der Waals surface area contributed by atoms with Gasteiger partial charge in [0.15, 0.2) is 22.5 Å². The maximum atomic E-state index is 12.0. The smallest absolute Gasteiger partial charge is 0.418 e. The maximum absolute atomic E-state index is 12.0. The van der Waals surface area contributed by atoms with Crippen molar-refractivity contribution in [1.82, 2.24) is 0 Å². The Hall–Kier alpha value is -3.30. The van der Waals surface area contributed by atoms with Crippen LogP contribution < -0.4 is 31.1 Å². The Morgan fingerprint density at radius 1 is 0.391 bits per heavy atom. The quantitative estimate of drug-likeness (QED) is 0.0501. The Labute approximate surface area is 666 Å². The predicted octanol–water partition coefficient (Wildman–Crippen LogP) is 7.42. The molecular weight excluding hydrogens is 1710 g/mol. The first-order valence-corrected chi connectivity index (χ1v) is 76.9. The topological polar surface area (TPSA) is 244 Å². The molecule has 110 heavy (non-hydrogen) atoms. The van der Waals surface area contributed by atoms with Gasteiger partial charge < -0.3 is 101 Å². The van der Waals surface area contributed by atoms with Gasteiger partial charge >= 0.3 is 141 Å². The van der Waals surface area contributed by atoms with Crippen molar-refractivity contribution in [2.24, 2.45) is 0 Å². The van der Waals surface area contributed by atoms with Gasteiger partial charge in [0.2, 0.25) is 5.03 Å². The van der Waals surface area contributed by atoms with Crippen molar-refractivity contribution in [3.05, 3.63) is 254 Å². The molecule has 7 bridgehead atoms. The molecule has 8 aromatic carbocycles.